The average Bonchev–Trinajstić information content (AvgIpc) is 2.34. The third kappa shape index (κ3) is 4.10. The summed E-state index contributed by atoms with van der Waals surface area (Å²) in [4.78, 5) is 14.2. The molecule has 0 saturated carbocycles. The standard InChI is InChI=1S/C10H14ClN3O4/c1-17-6-7(18-2)5-12-10-8(14(15)16)3-4-9(11)13-10/h3-4,7H,5-6H2,1-2H3,(H,12,13). The number of halogens is 1. The lowest BCUT2D eigenvalue weighted by Gasteiger charge is -2.15. The van der Waals surface area contributed by atoms with E-state index in [0.717, 1.165) is 0 Å². The van der Waals surface area contributed by atoms with E-state index in [1.807, 2.05) is 0 Å². The van der Waals surface area contributed by atoms with Crippen LogP contribution in [0.1, 0.15) is 0 Å². The van der Waals surface area contributed by atoms with E-state index in [1.165, 1.54) is 19.2 Å². The number of pyridine rings is 1. The summed E-state index contributed by atoms with van der Waals surface area (Å²) in [5.41, 5.74) is -0.133. The minimum Gasteiger partial charge on any atom is -0.382 e. The molecular weight excluding hydrogens is 262 g/mol. The maximum absolute atomic E-state index is 10.8. The van der Waals surface area contributed by atoms with Gasteiger partial charge in [-0.3, -0.25) is 10.1 Å². The highest BCUT2D eigenvalue weighted by molar-refractivity contribution is 6.29. The van der Waals surface area contributed by atoms with Crippen LogP contribution < -0.4 is 5.32 Å². The molecule has 0 fully saturated rings. The molecule has 7 nitrogen and oxygen atoms in total. The Morgan fingerprint density at radius 2 is 2.28 bits per heavy atom. The molecule has 100 valence electrons. The summed E-state index contributed by atoms with van der Waals surface area (Å²) in [5.74, 6) is 0.116. The van der Waals surface area contributed by atoms with Crippen LogP contribution in [-0.2, 0) is 9.47 Å². The van der Waals surface area contributed by atoms with Crippen molar-refractivity contribution in [2.45, 2.75) is 6.10 Å². The lowest BCUT2D eigenvalue weighted by molar-refractivity contribution is -0.384. The molecule has 0 saturated heterocycles. The first-order chi connectivity index (χ1) is 8.58. The van der Waals surface area contributed by atoms with Gasteiger partial charge in [-0.05, 0) is 6.07 Å². The van der Waals surface area contributed by atoms with Gasteiger partial charge in [0, 0.05) is 26.8 Å². The maximum Gasteiger partial charge on any atom is 0.311 e. The Hall–Kier alpha value is -1.44. The first-order valence-electron chi connectivity index (χ1n) is 5.15. The zero-order chi connectivity index (χ0) is 13.5. The molecule has 1 N–H and O–H groups in total. The van der Waals surface area contributed by atoms with Gasteiger partial charge in [0.05, 0.1) is 17.6 Å². The SMILES string of the molecule is COCC(CNc1nc(Cl)ccc1[N+](=O)[O-])OC. The second kappa shape index (κ2) is 7.10. The van der Waals surface area contributed by atoms with Crippen molar-refractivity contribution in [1.82, 2.24) is 4.98 Å². The first-order valence-corrected chi connectivity index (χ1v) is 5.52. The van der Waals surface area contributed by atoms with E-state index in [-0.39, 0.29) is 22.8 Å². The third-order valence-corrected chi connectivity index (χ3v) is 2.43. The molecule has 18 heavy (non-hydrogen) atoms. The summed E-state index contributed by atoms with van der Waals surface area (Å²) >= 11 is 5.70. The van der Waals surface area contributed by atoms with E-state index in [1.54, 1.807) is 7.11 Å². The highest BCUT2D eigenvalue weighted by atomic mass is 35.5. The molecule has 0 aliphatic carbocycles. The van der Waals surface area contributed by atoms with E-state index < -0.39 is 4.92 Å². The molecule has 0 aliphatic rings. The monoisotopic (exact) mass is 275 g/mol. The molecule has 1 atom stereocenters. The lowest BCUT2D eigenvalue weighted by Crippen LogP contribution is -2.27. The Labute approximate surface area is 109 Å². The fourth-order valence-corrected chi connectivity index (χ4v) is 1.46. The Bertz CT molecular complexity index is 416. The van der Waals surface area contributed by atoms with Gasteiger partial charge in [0.25, 0.3) is 0 Å². The molecule has 1 aromatic rings. The van der Waals surface area contributed by atoms with E-state index in [9.17, 15) is 10.1 Å². The van der Waals surface area contributed by atoms with Crippen molar-refractivity contribution >= 4 is 23.1 Å². The quantitative estimate of drug-likeness (QED) is 0.463. The van der Waals surface area contributed by atoms with Crippen molar-refractivity contribution in [3.63, 3.8) is 0 Å². The summed E-state index contributed by atoms with van der Waals surface area (Å²) in [6, 6.07) is 2.67. The maximum atomic E-state index is 10.8. The number of nitrogens with zero attached hydrogens (tertiary/aromatic N) is 2. The van der Waals surface area contributed by atoms with Crippen LogP contribution in [0.4, 0.5) is 11.5 Å². The van der Waals surface area contributed by atoms with Crippen molar-refractivity contribution in [3.05, 3.63) is 27.4 Å². The van der Waals surface area contributed by atoms with Gasteiger partial charge in [0.1, 0.15) is 5.15 Å². The molecule has 0 bridgehead atoms. The molecule has 1 heterocycles. The number of hydrogen-bond acceptors (Lipinski definition) is 6. The zero-order valence-electron chi connectivity index (χ0n) is 10.1. The van der Waals surface area contributed by atoms with Crippen LogP contribution in [0.5, 0.6) is 0 Å². The van der Waals surface area contributed by atoms with Crippen molar-refractivity contribution in [2.75, 3.05) is 32.7 Å². The van der Waals surface area contributed by atoms with Crippen molar-refractivity contribution in [1.29, 1.82) is 0 Å². The van der Waals surface area contributed by atoms with Gasteiger partial charge in [0.15, 0.2) is 0 Å². The van der Waals surface area contributed by atoms with Crippen LogP contribution in [0.15, 0.2) is 12.1 Å². The van der Waals surface area contributed by atoms with E-state index in [2.05, 4.69) is 10.3 Å². The van der Waals surface area contributed by atoms with Crippen LogP contribution in [0.25, 0.3) is 0 Å². The van der Waals surface area contributed by atoms with Crippen LogP contribution >= 0.6 is 11.6 Å². The first kappa shape index (κ1) is 14.6. The van der Waals surface area contributed by atoms with Crippen LogP contribution in [-0.4, -0.2) is 43.4 Å². The zero-order valence-corrected chi connectivity index (χ0v) is 10.8. The number of nitro groups is 1. The molecule has 1 rings (SSSR count). The fourth-order valence-electron chi connectivity index (χ4n) is 1.31. The number of methoxy groups -OCH3 is 2. The summed E-state index contributed by atoms with van der Waals surface area (Å²) in [5, 5.41) is 13.8. The smallest absolute Gasteiger partial charge is 0.311 e. The van der Waals surface area contributed by atoms with Gasteiger partial charge < -0.3 is 14.8 Å². The van der Waals surface area contributed by atoms with Crippen molar-refractivity contribution in [3.8, 4) is 0 Å². The predicted octanol–water partition coefficient (Wildman–Crippen LogP) is 1.72. The van der Waals surface area contributed by atoms with Crippen LogP contribution in [0.2, 0.25) is 5.15 Å². The number of aromatic nitrogens is 1. The molecule has 1 unspecified atom stereocenters. The van der Waals surface area contributed by atoms with Crippen LogP contribution in [0.3, 0.4) is 0 Å². The highest BCUT2D eigenvalue weighted by Crippen LogP contribution is 2.23. The lowest BCUT2D eigenvalue weighted by atomic mass is 10.3. The fraction of sp³-hybridized carbons (Fsp3) is 0.500. The minimum absolute atomic E-state index is 0.116. The van der Waals surface area contributed by atoms with Gasteiger partial charge in [-0.2, -0.15) is 0 Å². The molecule has 1 aromatic heterocycles. The molecular formula is C10H14ClN3O4. The summed E-state index contributed by atoms with van der Waals surface area (Å²) < 4.78 is 10.1. The second-order valence-corrected chi connectivity index (χ2v) is 3.84. The number of ether oxygens (including phenoxy) is 2. The van der Waals surface area contributed by atoms with Gasteiger partial charge >= 0.3 is 5.69 Å². The van der Waals surface area contributed by atoms with Gasteiger partial charge in [-0.15, -0.1) is 0 Å². The molecule has 0 aromatic carbocycles. The van der Waals surface area contributed by atoms with E-state index in [0.29, 0.717) is 13.2 Å². The highest BCUT2D eigenvalue weighted by Gasteiger charge is 2.17. The van der Waals surface area contributed by atoms with Gasteiger partial charge in [-0.25, -0.2) is 4.98 Å². The minimum atomic E-state index is -0.524. The summed E-state index contributed by atoms with van der Waals surface area (Å²) in [7, 11) is 3.08. The Balaban J connectivity index is 2.76. The molecule has 0 aliphatic heterocycles. The Kier molecular flexibility index (Phi) is 5.76. The number of nitrogens with one attached hydrogen (secondary N) is 1. The third-order valence-electron chi connectivity index (χ3n) is 2.22. The number of rotatable bonds is 7. The largest absolute Gasteiger partial charge is 0.382 e. The molecule has 0 amide bonds. The van der Waals surface area contributed by atoms with Crippen LogP contribution in [0, 0.1) is 10.1 Å². The predicted molar refractivity (Wildman–Crippen MR) is 67.1 cm³/mol. The van der Waals surface area contributed by atoms with E-state index in [4.69, 9.17) is 21.1 Å². The Morgan fingerprint density at radius 1 is 1.56 bits per heavy atom. The molecule has 8 heteroatoms. The molecule has 0 spiro atoms. The second-order valence-electron chi connectivity index (χ2n) is 3.45. The van der Waals surface area contributed by atoms with Crippen molar-refractivity contribution in [2.24, 2.45) is 0 Å². The summed E-state index contributed by atoms with van der Waals surface area (Å²) in [6.07, 6.45) is -0.226. The number of hydrogen-bond donors (Lipinski definition) is 1. The van der Waals surface area contributed by atoms with Crippen molar-refractivity contribution < 1.29 is 14.4 Å². The average molecular weight is 276 g/mol. The van der Waals surface area contributed by atoms with Gasteiger partial charge in [-0.1, -0.05) is 11.6 Å². The topological polar surface area (TPSA) is 86.5 Å². The normalized spacial score (nSPS) is 12.2. The van der Waals surface area contributed by atoms with E-state index >= 15 is 0 Å². The number of anilines is 1. The molecule has 0 radical (unpaired) electrons. The van der Waals surface area contributed by atoms with Gasteiger partial charge in [0.2, 0.25) is 5.82 Å². The Morgan fingerprint density at radius 3 is 2.83 bits per heavy atom. The summed E-state index contributed by atoms with van der Waals surface area (Å²) in [6.45, 7) is 0.705.